The van der Waals surface area contributed by atoms with E-state index < -0.39 is 0 Å². The molecule has 1 amide bonds. The predicted molar refractivity (Wildman–Crippen MR) is 65.7 cm³/mol. The molecule has 0 aliphatic carbocycles. The molecule has 0 radical (unpaired) electrons. The molecule has 1 aromatic rings. The fourth-order valence-electron chi connectivity index (χ4n) is 2.41. The highest BCUT2D eigenvalue weighted by molar-refractivity contribution is 5.82. The fraction of sp³-hybridized carbons (Fsp3) is 0.429. The van der Waals surface area contributed by atoms with Gasteiger partial charge in [-0.3, -0.25) is 4.79 Å². The van der Waals surface area contributed by atoms with Crippen molar-refractivity contribution in [3.05, 3.63) is 35.4 Å². The molecule has 0 bridgehead atoms. The van der Waals surface area contributed by atoms with Crippen molar-refractivity contribution >= 4 is 12.1 Å². The van der Waals surface area contributed by atoms with Gasteiger partial charge >= 0.3 is 6.15 Å². The number of hydrogen-bond donors (Lipinski definition) is 1. The van der Waals surface area contributed by atoms with Gasteiger partial charge in [0.15, 0.2) is 0 Å². The first-order valence-electron chi connectivity index (χ1n) is 5.87. The number of benzene rings is 1. The SMILES string of the molecule is Cc1ccc([C@H]2[C@H](C)NC(=O)[C@@H]2C)cc1.O=C=O. The van der Waals surface area contributed by atoms with Crippen LogP contribution in [0.1, 0.15) is 30.9 Å². The van der Waals surface area contributed by atoms with Crippen LogP contribution in [0.5, 0.6) is 0 Å². The number of aryl methyl sites for hydroxylation is 1. The Bertz CT molecular complexity index is 447. The Morgan fingerprint density at radius 1 is 1.11 bits per heavy atom. The summed E-state index contributed by atoms with van der Waals surface area (Å²) in [4.78, 5) is 27.8. The van der Waals surface area contributed by atoms with Gasteiger partial charge in [-0.15, -0.1) is 0 Å². The monoisotopic (exact) mass is 247 g/mol. The summed E-state index contributed by atoms with van der Waals surface area (Å²) in [5.74, 6) is 0.578. The lowest BCUT2D eigenvalue weighted by atomic mass is 9.85. The molecule has 2 rings (SSSR count). The number of carbonyl (C=O) groups excluding carboxylic acids is 3. The Labute approximate surface area is 106 Å². The maximum absolute atomic E-state index is 11.5. The molecule has 18 heavy (non-hydrogen) atoms. The van der Waals surface area contributed by atoms with Gasteiger partial charge in [-0.1, -0.05) is 36.8 Å². The minimum Gasteiger partial charge on any atom is -0.353 e. The Morgan fingerprint density at radius 3 is 2.00 bits per heavy atom. The van der Waals surface area contributed by atoms with Crippen LogP contribution in [0, 0.1) is 12.8 Å². The third-order valence-electron chi connectivity index (χ3n) is 3.32. The van der Waals surface area contributed by atoms with Gasteiger partial charge in [-0.2, -0.15) is 9.59 Å². The van der Waals surface area contributed by atoms with Crippen molar-refractivity contribution < 1.29 is 14.4 Å². The summed E-state index contributed by atoms with van der Waals surface area (Å²) in [7, 11) is 0. The van der Waals surface area contributed by atoms with Crippen molar-refractivity contribution in [3.8, 4) is 0 Å². The molecule has 1 heterocycles. The molecular weight excluding hydrogens is 230 g/mol. The predicted octanol–water partition coefficient (Wildman–Crippen LogP) is 1.65. The zero-order chi connectivity index (χ0) is 13.7. The first-order chi connectivity index (χ1) is 8.51. The summed E-state index contributed by atoms with van der Waals surface area (Å²) >= 11 is 0. The molecular formula is C14H17NO3. The summed E-state index contributed by atoms with van der Waals surface area (Å²) in [5.41, 5.74) is 2.52. The van der Waals surface area contributed by atoms with E-state index in [1.54, 1.807) is 0 Å². The molecule has 1 aliphatic rings. The van der Waals surface area contributed by atoms with Crippen molar-refractivity contribution in [1.29, 1.82) is 0 Å². The van der Waals surface area contributed by atoms with Crippen LogP contribution >= 0.6 is 0 Å². The lowest BCUT2D eigenvalue weighted by Crippen LogP contribution is -2.24. The third-order valence-corrected chi connectivity index (χ3v) is 3.32. The van der Waals surface area contributed by atoms with Crippen LogP contribution < -0.4 is 5.32 Å². The summed E-state index contributed by atoms with van der Waals surface area (Å²) in [5, 5.41) is 2.99. The lowest BCUT2D eigenvalue weighted by Gasteiger charge is -2.18. The van der Waals surface area contributed by atoms with Crippen molar-refractivity contribution in [3.63, 3.8) is 0 Å². The highest BCUT2D eigenvalue weighted by Gasteiger charge is 2.37. The number of amides is 1. The Balaban J connectivity index is 0.000000492. The molecule has 96 valence electrons. The van der Waals surface area contributed by atoms with Crippen molar-refractivity contribution in [2.24, 2.45) is 5.92 Å². The van der Waals surface area contributed by atoms with Crippen molar-refractivity contribution in [2.75, 3.05) is 0 Å². The molecule has 1 aliphatic heterocycles. The van der Waals surface area contributed by atoms with Crippen LogP contribution in [0.2, 0.25) is 0 Å². The summed E-state index contributed by atoms with van der Waals surface area (Å²) < 4.78 is 0. The number of rotatable bonds is 1. The molecule has 0 saturated carbocycles. The summed E-state index contributed by atoms with van der Waals surface area (Å²) in [6, 6.07) is 8.73. The molecule has 1 saturated heterocycles. The van der Waals surface area contributed by atoms with Gasteiger partial charge in [0, 0.05) is 17.9 Å². The minimum atomic E-state index is 0.0858. The third kappa shape index (κ3) is 3.05. The second-order valence-electron chi connectivity index (χ2n) is 4.61. The van der Waals surface area contributed by atoms with E-state index >= 15 is 0 Å². The zero-order valence-corrected chi connectivity index (χ0v) is 10.8. The van der Waals surface area contributed by atoms with E-state index in [1.807, 2.05) is 6.92 Å². The van der Waals surface area contributed by atoms with E-state index in [0.717, 1.165) is 0 Å². The molecule has 0 aromatic heterocycles. The molecule has 1 aromatic carbocycles. The minimum absolute atomic E-state index is 0.0858. The first kappa shape index (κ1) is 14.1. The smallest absolute Gasteiger partial charge is 0.353 e. The molecule has 3 atom stereocenters. The van der Waals surface area contributed by atoms with Crippen LogP contribution in [0.15, 0.2) is 24.3 Å². The molecule has 4 nitrogen and oxygen atoms in total. The van der Waals surface area contributed by atoms with E-state index in [1.165, 1.54) is 11.1 Å². The summed E-state index contributed by atoms with van der Waals surface area (Å²) in [6.07, 6.45) is 0.250. The first-order valence-corrected chi connectivity index (χ1v) is 5.87. The van der Waals surface area contributed by atoms with E-state index in [4.69, 9.17) is 9.59 Å². The molecule has 4 heteroatoms. The molecule has 1 fully saturated rings. The largest absolute Gasteiger partial charge is 0.373 e. The van der Waals surface area contributed by atoms with Gasteiger partial charge in [0.2, 0.25) is 5.91 Å². The highest BCUT2D eigenvalue weighted by Crippen LogP contribution is 2.33. The number of carbonyl (C=O) groups is 1. The van der Waals surface area contributed by atoms with Crippen molar-refractivity contribution in [1.82, 2.24) is 5.32 Å². The molecule has 1 N–H and O–H groups in total. The lowest BCUT2D eigenvalue weighted by molar-refractivity contribution is -0.191. The average Bonchev–Trinajstić information content (AvgIpc) is 2.56. The van der Waals surface area contributed by atoms with Crippen LogP contribution in [0.4, 0.5) is 0 Å². The van der Waals surface area contributed by atoms with Gasteiger partial charge in [0.25, 0.3) is 0 Å². The second-order valence-corrected chi connectivity index (χ2v) is 4.61. The zero-order valence-electron chi connectivity index (χ0n) is 10.8. The Hall–Kier alpha value is -1.93. The number of hydrogen-bond acceptors (Lipinski definition) is 3. The van der Waals surface area contributed by atoms with Gasteiger partial charge in [0.05, 0.1) is 0 Å². The Morgan fingerprint density at radius 2 is 1.61 bits per heavy atom. The fourth-order valence-corrected chi connectivity index (χ4v) is 2.41. The standard InChI is InChI=1S/C13H17NO.CO2/c1-8-4-6-11(7-5-8)12-9(2)13(15)14-10(12)3;2-1-3/h4-7,9-10,12H,1-3H3,(H,14,15);/t9-,10+,12-;/m1./s1. The topological polar surface area (TPSA) is 63.2 Å². The quantitative estimate of drug-likeness (QED) is 0.820. The second kappa shape index (κ2) is 6.12. The molecule has 0 spiro atoms. The maximum atomic E-state index is 11.5. The van der Waals surface area contributed by atoms with Gasteiger partial charge < -0.3 is 5.32 Å². The maximum Gasteiger partial charge on any atom is 0.373 e. The van der Waals surface area contributed by atoms with E-state index in [0.29, 0.717) is 5.92 Å². The van der Waals surface area contributed by atoms with Gasteiger partial charge in [0.1, 0.15) is 0 Å². The van der Waals surface area contributed by atoms with Gasteiger partial charge in [-0.25, -0.2) is 0 Å². The van der Waals surface area contributed by atoms with E-state index in [2.05, 4.69) is 43.4 Å². The summed E-state index contributed by atoms with van der Waals surface area (Å²) in [6.45, 7) is 6.16. The van der Waals surface area contributed by atoms with E-state index in [9.17, 15) is 4.79 Å². The van der Waals surface area contributed by atoms with Crippen LogP contribution in [-0.2, 0) is 14.4 Å². The van der Waals surface area contributed by atoms with Crippen molar-refractivity contribution in [2.45, 2.75) is 32.7 Å². The molecule has 0 unspecified atom stereocenters. The van der Waals surface area contributed by atoms with E-state index in [-0.39, 0.29) is 24.0 Å². The average molecular weight is 247 g/mol. The van der Waals surface area contributed by atoms with Crippen LogP contribution in [0.3, 0.4) is 0 Å². The number of nitrogens with one attached hydrogen (secondary N) is 1. The van der Waals surface area contributed by atoms with Crippen LogP contribution in [0.25, 0.3) is 0 Å². The Kier molecular flexibility index (Phi) is 4.81. The van der Waals surface area contributed by atoms with Crippen LogP contribution in [-0.4, -0.2) is 18.1 Å². The van der Waals surface area contributed by atoms with Gasteiger partial charge in [-0.05, 0) is 19.4 Å². The highest BCUT2D eigenvalue weighted by atomic mass is 16.2. The normalized spacial score (nSPS) is 25.7.